The average Bonchev–Trinajstić information content (AvgIpc) is 2.63. The normalized spacial score (nSPS) is 11.8. The van der Waals surface area contributed by atoms with Crippen molar-refractivity contribution in [3.05, 3.63) is 59.7 Å². The topological polar surface area (TPSA) is 72.9 Å². The van der Waals surface area contributed by atoms with Gasteiger partial charge in [0.15, 0.2) is 6.61 Å². The van der Waals surface area contributed by atoms with E-state index in [-0.39, 0.29) is 23.5 Å². The van der Waals surface area contributed by atoms with Crippen molar-refractivity contribution in [2.45, 2.75) is 12.7 Å². The Labute approximate surface area is 160 Å². The second kappa shape index (κ2) is 8.51. The molecule has 10 heteroatoms. The van der Waals surface area contributed by atoms with Gasteiger partial charge in [0.25, 0.3) is 0 Å². The van der Waals surface area contributed by atoms with Crippen LogP contribution in [0.2, 0.25) is 0 Å². The molecule has 6 nitrogen and oxygen atoms in total. The van der Waals surface area contributed by atoms with E-state index < -0.39 is 28.8 Å². The smallest absolute Gasteiger partial charge is 0.422 e. The Bertz CT molecular complexity index is 927. The van der Waals surface area contributed by atoms with Gasteiger partial charge in [-0.1, -0.05) is 12.1 Å². The first-order valence-corrected chi connectivity index (χ1v) is 9.79. The van der Waals surface area contributed by atoms with E-state index in [1.807, 2.05) is 0 Å². The molecule has 0 saturated carbocycles. The predicted octanol–water partition coefficient (Wildman–Crippen LogP) is 3.38. The molecule has 0 heterocycles. The van der Waals surface area contributed by atoms with Crippen molar-refractivity contribution in [1.29, 1.82) is 0 Å². The van der Waals surface area contributed by atoms with Crippen molar-refractivity contribution in [1.82, 2.24) is 0 Å². The number of ether oxygens (including phenoxy) is 2. The number of alkyl halides is 3. The molecular weight excluding hydrogens is 399 g/mol. The Morgan fingerprint density at radius 3 is 2.29 bits per heavy atom. The molecule has 2 aromatic rings. The summed E-state index contributed by atoms with van der Waals surface area (Å²) in [5.74, 6) is -0.587. The number of esters is 1. The number of rotatable bonds is 7. The summed E-state index contributed by atoms with van der Waals surface area (Å²) >= 11 is 0. The Hall–Kier alpha value is -2.75. The quantitative estimate of drug-likeness (QED) is 0.646. The van der Waals surface area contributed by atoms with Gasteiger partial charge in [-0.15, -0.1) is 0 Å². The van der Waals surface area contributed by atoms with Gasteiger partial charge >= 0.3 is 12.1 Å². The van der Waals surface area contributed by atoms with Gasteiger partial charge in [-0.25, -0.2) is 13.2 Å². The molecule has 0 atom stereocenters. The summed E-state index contributed by atoms with van der Waals surface area (Å²) in [6.45, 7) is -1.57. The highest BCUT2D eigenvalue weighted by atomic mass is 32.2. The third-order valence-corrected chi connectivity index (χ3v) is 4.74. The van der Waals surface area contributed by atoms with Gasteiger partial charge in [-0.3, -0.25) is 4.31 Å². The van der Waals surface area contributed by atoms with Crippen molar-refractivity contribution < 1.29 is 35.9 Å². The fourth-order valence-corrected chi connectivity index (χ4v) is 3.23. The van der Waals surface area contributed by atoms with Crippen molar-refractivity contribution in [3.8, 4) is 5.75 Å². The van der Waals surface area contributed by atoms with E-state index in [4.69, 9.17) is 4.74 Å². The van der Waals surface area contributed by atoms with E-state index in [9.17, 15) is 26.4 Å². The minimum atomic E-state index is -4.48. The molecule has 0 fully saturated rings. The third-order valence-electron chi connectivity index (χ3n) is 3.60. The summed E-state index contributed by atoms with van der Waals surface area (Å²) in [7, 11) is -2.48. The van der Waals surface area contributed by atoms with E-state index in [1.54, 1.807) is 6.07 Å². The summed E-state index contributed by atoms with van der Waals surface area (Å²) in [4.78, 5) is 11.5. The number of carbonyl (C=O) groups excluding carboxylic acids is 1. The lowest BCUT2D eigenvalue weighted by atomic mass is 10.2. The molecule has 0 aliphatic carbocycles. The lowest BCUT2D eigenvalue weighted by Gasteiger charge is -2.23. The van der Waals surface area contributed by atoms with Crippen LogP contribution < -0.4 is 9.04 Å². The van der Waals surface area contributed by atoms with Crippen molar-refractivity contribution in [2.24, 2.45) is 0 Å². The first-order valence-electron chi connectivity index (χ1n) is 7.94. The molecule has 0 N–H and O–H groups in total. The minimum Gasteiger partial charge on any atom is -0.484 e. The van der Waals surface area contributed by atoms with Gasteiger partial charge in [0, 0.05) is 0 Å². The Morgan fingerprint density at radius 1 is 1.11 bits per heavy atom. The average molecular weight is 417 g/mol. The second-order valence-electron chi connectivity index (χ2n) is 5.86. The molecule has 152 valence electrons. The lowest BCUT2D eigenvalue weighted by molar-refractivity contribution is -0.153. The van der Waals surface area contributed by atoms with Crippen LogP contribution in [0.1, 0.15) is 15.9 Å². The zero-order valence-electron chi connectivity index (χ0n) is 15.1. The number of nitrogens with zero attached hydrogens (tertiary/aromatic N) is 1. The highest BCUT2D eigenvalue weighted by molar-refractivity contribution is 7.92. The molecule has 28 heavy (non-hydrogen) atoms. The molecule has 0 spiro atoms. The fourth-order valence-electron chi connectivity index (χ4n) is 2.35. The van der Waals surface area contributed by atoms with Crippen molar-refractivity contribution in [3.63, 3.8) is 0 Å². The molecule has 2 rings (SSSR count). The van der Waals surface area contributed by atoms with Crippen LogP contribution in [0.25, 0.3) is 0 Å². The largest absolute Gasteiger partial charge is 0.484 e. The Balaban J connectivity index is 2.25. The van der Waals surface area contributed by atoms with Gasteiger partial charge in [-0.2, -0.15) is 13.2 Å². The van der Waals surface area contributed by atoms with E-state index in [0.29, 0.717) is 5.56 Å². The molecular formula is C18H18F3NO5S. The minimum absolute atomic E-state index is 0.0238. The summed E-state index contributed by atoms with van der Waals surface area (Å²) in [5.41, 5.74) is 0.973. The van der Waals surface area contributed by atoms with Crippen LogP contribution in [0.3, 0.4) is 0 Å². The number of hydrogen-bond acceptors (Lipinski definition) is 5. The predicted molar refractivity (Wildman–Crippen MR) is 96.8 cm³/mol. The highest BCUT2D eigenvalue weighted by Crippen LogP contribution is 2.24. The number of methoxy groups -OCH3 is 1. The van der Waals surface area contributed by atoms with Crippen LogP contribution in [0.15, 0.2) is 48.5 Å². The summed E-state index contributed by atoms with van der Waals surface area (Å²) in [6.07, 6.45) is -3.47. The summed E-state index contributed by atoms with van der Waals surface area (Å²) in [5, 5.41) is 0. The maximum absolute atomic E-state index is 12.3. The number of anilines is 1. The molecule has 0 saturated heterocycles. The van der Waals surface area contributed by atoms with Gasteiger partial charge in [0.2, 0.25) is 10.0 Å². The maximum atomic E-state index is 12.3. The molecule has 0 radical (unpaired) electrons. The van der Waals surface area contributed by atoms with Gasteiger partial charge < -0.3 is 9.47 Å². The zero-order chi connectivity index (χ0) is 20.9. The molecule has 0 bridgehead atoms. The van der Waals surface area contributed by atoms with Crippen LogP contribution in [-0.2, 0) is 21.3 Å². The van der Waals surface area contributed by atoms with Gasteiger partial charge in [-0.05, 0) is 42.0 Å². The number of carbonyl (C=O) groups is 1. The molecule has 2 aromatic carbocycles. The Kier molecular flexibility index (Phi) is 6.55. The number of halogens is 3. The van der Waals surface area contributed by atoms with E-state index in [1.165, 1.54) is 49.6 Å². The van der Waals surface area contributed by atoms with Crippen LogP contribution in [0, 0.1) is 0 Å². The van der Waals surface area contributed by atoms with Gasteiger partial charge in [0.05, 0.1) is 31.2 Å². The summed E-state index contributed by atoms with van der Waals surface area (Å²) < 4.78 is 71.7. The van der Waals surface area contributed by atoms with E-state index >= 15 is 0 Å². The molecule has 0 aromatic heterocycles. The molecule has 0 unspecified atom stereocenters. The SMILES string of the molecule is COC(=O)c1ccc(N(Cc2cccc(OCC(F)(F)F)c2)S(C)(=O)=O)cc1. The molecule has 0 aliphatic rings. The number of sulfonamides is 1. The van der Waals surface area contributed by atoms with Crippen molar-refractivity contribution >= 4 is 21.7 Å². The first-order chi connectivity index (χ1) is 13.0. The third kappa shape index (κ3) is 6.15. The fraction of sp³-hybridized carbons (Fsp3) is 0.278. The van der Waals surface area contributed by atoms with E-state index in [0.717, 1.165) is 10.6 Å². The van der Waals surface area contributed by atoms with E-state index in [2.05, 4.69) is 4.74 Å². The highest BCUT2D eigenvalue weighted by Gasteiger charge is 2.28. The number of hydrogen-bond donors (Lipinski definition) is 0. The van der Waals surface area contributed by atoms with Crippen molar-refractivity contribution in [2.75, 3.05) is 24.3 Å². The van der Waals surface area contributed by atoms with Gasteiger partial charge in [0.1, 0.15) is 5.75 Å². The second-order valence-corrected chi connectivity index (χ2v) is 7.77. The number of benzene rings is 2. The monoisotopic (exact) mass is 417 g/mol. The lowest BCUT2D eigenvalue weighted by Crippen LogP contribution is -2.29. The standard InChI is InChI=1S/C18H18F3NO5S/c1-26-17(23)14-6-8-15(9-7-14)22(28(2,24)25)11-13-4-3-5-16(10-13)27-12-18(19,20)21/h3-10H,11-12H2,1-2H3. The molecule has 0 amide bonds. The van der Waals surface area contributed by atoms with Crippen LogP contribution in [0.4, 0.5) is 18.9 Å². The van der Waals surface area contributed by atoms with Crippen LogP contribution in [0.5, 0.6) is 5.75 Å². The maximum Gasteiger partial charge on any atom is 0.422 e. The first kappa shape index (κ1) is 21.5. The van der Waals surface area contributed by atoms with Crippen LogP contribution >= 0.6 is 0 Å². The Morgan fingerprint density at radius 2 is 1.75 bits per heavy atom. The van der Waals surface area contributed by atoms with Crippen LogP contribution in [-0.4, -0.2) is 40.5 Å². The zero-order valence-corrected chi connectivity index (χ0v) is 15.9. The molecule has 0 aliphatic heterocycles. The summed E-state index contributed by atoms with van der Waals surface area (Å²) in [6, 6.07) is 11.5.